The molecule has 0 fully saturated rings. The molecule has 1 aromatic carbocycles. The van der Waals surface area contributed by atoms with E-state index in [9.17, 15) is 9.59 Å². The molecule has 170 valence electrons. The molecule has 0 saturated carbocycles. The SMILES string of the molecule is CCCCCCCCCCCC(=O)C(CNC)[N+](C)(C)CC(=O)Nc1ccccc1. The number of unbranched alkanes of at least 4 members (excludes halogenated alkanes) is 8. The van der Waals surface area contributed by atoms with Gasteiger partial charge in [0.1, 0.15) is 0 Å². The van der Waals surface area contributed by atoms with Crippen LogP contribution < -0.4 is 10.6 Å². The molecule has 0 heterocycles. The Morgan fingerprint density at radius 1 is 0.900 bits per heavy atom. The Morgan fingerprint density at radius 3 is 2.03 bits per heavy atom. The molecule has 1 rings (SSSR count). The smallest absolute Gasteiger partial charge is 0.279 e. The van der Waals surface area contributed by atoms with E-state index in [1.807, 2.05) is 51.5 Å². The summed E-state index contributed by atoms with van der Waals surface area (Å²) >= 11 is 0. The highest BCUT2D eigenvalue weighted by Gasteiger charge is 2.35. The molecule has 1 aromatic rings. The molecule has 5 heteroatoms. The van der Waals surface area contributed by atoms with E-state index in [-0.39, 0.29) is 24.3 Å². The van der Waals surface area contributed by atoms with Crippen LogP contribution in [0.3, 0.4) is 0 Å². The molecular weight excluding hydrogens is 374 g/mol. The number of nitrogens with one attached hydrogen (secondary N) is 2. The number of quaternary nitrogens is 1. The Kier molecular flexibility index (Phi) is 13.3. The van der Waals surface area contributed by atoms with Gasteiger partial charge in [-0.15, -0.1) is 0 Å². The van der Waals surface area contributed by atoms with Crippen LogP contribution in [0.2, 0.25) is 0 Å². The largest absolute Gasteiger partial charge is 0.321 e. The van der Waals surface area contributed by atoms with Crippen LogP contribution in [0.1, 0.15) is 71.1 Å². The van der Waals surface area contributed by atoms with Crippen LogP contribution in [0.4, 0.5) is 5.69 Å². The van der Waals surface area contributed by atoms with Gasteiger partial charge in [0.15, 0.2) is 18.4 Å². The fraction of sp³-hybridized carbons (Fsp3) is 0.680. The number of carbonyl (C=O) groups excluding carboxylic acids is 2. The Bertz CT molecular complexity index is 602. The molecular formula is C25H44N3O2+. The molecule has 0 radical (unpaired) electrons. The van der Waals surface area contributed by atoms with Crippen LogP contribution in [0.15, 0.2) is 30.3 Å². The minimum atomic E-state index is -0.217. The summed E-state index contributed by atoms with van der Waals surface area (Å²) in [7, 11) is 5.81. The maximum atomic E-state index is 12.9. The maximum Gasteiger partial charge on any atom is 0.279 e. The third-order valence-corrected chi connectivity index (χ3v) is 5.75. The van der Waals surface area contributed by atoms with Gasteiger partial charge < -0.3 is 15.1 Å². The van der Waals surface area contributed by atoms with Crippen molar-refractivity contribution in [2.24, 2.45) is 0 Å². The highest BCUT2D eigenvalue weighted by Crippen LogP contribution is 2.15. The van der Waals surface area contributed by atoms with Crippen LogP contribution in [0.25, 0.3) is 0 Å². The molecule has 0 bridgehead atoms. The van der Waals surface area contributed by atoms with E-state index >= 15 is 0 Å². The quantitative estimate of drug-likeness (QED) is 0.283. The van der Waals surface area contributed by atoms with Crippen LogP contribution in [0, 0.1) is 0 Å². The second kappa shape index (κ2) is 15.1. The molecule has 0 aromatic heterocycles. The number of carbonyl (C=O) groups is 2. The molecule has 2 N–H and O–H groups in total. The lowest BCUT2D eigenvalue weighted by molar-refractivity contribution is -0.896. The highest BCUT2D eigenvalue weighted by atomic mass is 16.2. The van der Waals surface area contributed by atoms with Gasteiger partial charge in [-0.25, -0.2) is 0 Å². The monoisotopic (exact) mass is 418 g/mol. The second-order valence-electron chi connectivity index (χ2n) is 8.97. The molecule has 0 spiro atoms. The normalized spacial score (nSPS) is 12.5. The van der Waals surface area contributed by atoms with Gasteiger partial charge in [-0.3, -0.25) is 9.59 Å². The lowest BCUT2D eigenvalue weighted by Crippen LogP contribution is -2.59. The Labute approximate surface area is 184 Å². The van der Waals surface area contributed by atoms with E-state index in [2.05, 4.69) is 17.6 Å². The van der Waals surface area contributed by atoms with E-state index in [0.29, 0.717) is 17.4 Å². The fourth-order valence-corrected chi connectivity index (χ4v) is 3.92. The first-order valence-corrected chi connectivity index (χ1v) is 11.8. The van der Waals surface area contributed by atoms with E-state index in [1.165, 1.54) is 44.9 Å². The van der Waals surface area contributed by atoms with Crippen LogP contribution >= 0.6 is 0 Å². The average Bonchev–Trinajstić information content (AvgIpc) is 2.70. The van der Waals surface area contributed by atoms with Gasteiger partial charge in [-0.2, -0.15) is 0 Å². The summed E-state index contributed by atoms with van der Waals surface area (Å²) in [6.45, 7) is 3.10. The van der Waals surface area contributed by atoms with Crippen molar-refractivity contribution >= 4 is 17.4 Å². The van der Waals surface area contributed by atoms with Gasteiger partial charge in [-0.05, 0) is 25.6 Å². The van der Waals surface area contributed by atoms with Crippen molar-refractivity contribution in [3.8, 4) is 0 Å². The molecule has 0 aliphatic carbocycles. The topological polar surface area (TPSA) is 58.2 Å². The number of rotatable bonds is 17. The number of likely N-dealkylation sites (N-methyl/N-ethyl adjacent to an activating group) is 2. The highest BCUT2D eigenvalue weighted by molar-refractivity contribution is 5.92. The van der Waals surface area contributed by atoms with Crippen molar-refractivity contribution in [2.75, 3.05) is 39.5 Å². The summed E-state index contributed by atoms with van der Waals surface area (Å²) < 4.78 is 0.357. The van der Waals surface area contributed by atoms with Crippen molar-refractivity contribution in [3.05, 3.63) is 30.3 Å². The van der Waals surface area contributed by atoms with E-state index < -0.39 is 0 Å². The minimum Gasteiger partial charge on any atom is -0.321 e. The summed E-state index contributed by atoms with van der Waals surface area (Å²) in [6.07, 6.45) is 11.8. The lowest BCUT2D eigenvalue weighted by atomic mass is 10.0. The van der Waals surface area contributed by atoms with Crippen molar-refractivity contribution in [1.29, 1.82) is 0 Å². The Morgan fingerprint density at radius 2 is 1.47 bits per heavy atom. The average molecular weight is 419 g/mol. The second-order valence-corrected chi connectivity index (χ2v) is 8.97. The molecule has 0 aliphatic rings. The summed E-state index contributed by atoms with van der Waals surface area (Å²) in [4.78, 5) is 25.5. The number of benzene rings is 1. The Balaban J connectivity index is 2.41. The zero-order valence-corrected chi connectivity index (χ0v) is 19.7. The first-order valence-electron chi connectivity index (χ1n) is 11.8. The summed E-state index contributed by atoms with van der Waals surface area (Å²) in [6, 6.07) is 9.24. The number of para-hydroxylation sites is 1. The molecule has 5 nitrogen and oxygen atoms in total. The number of hydrogen-bond donors (Lipinski definition) is 2. The predicted octanol–water partition coefficient (Wildman–Crippen LogP) is 4.78. The minimum absolute atomic E-state index is 0.0665. The van der Waals surface area contributed by atoms with Gasteiger partial charge in [-0.1, -0.05) is 76.5 Å². The fourth-order valence-electron chi connectivity index (χ4n) is 3.92. The van der Waals surface area contributed by atoms with E-state index in [0.717, 1.165) is 18.5 Å². The number of nitrogens with zero attached hydrogens (tertiary/aromatic N) is 1. The third-order valence-electron chi connectivity index (χ3n) is 5.75. The molecule has 1 unspecified atom stereocenters. The molecule has 1 atom stereocenters. The van der Waals surface area contributed by atoms with Gasteiger partial charge in [0.2, 0.25) is 0 Å². The first-order chi connectivity index (χ1) is 14.4. The van der Waals surface area contributed by atoms with E-state index in [4.69, 9.17) is 0 Å². The van der Waals surface area contributed by atoms with Crippen molar-refractivity contribution < 1.29 is 14.1 Å². The Hall–Kier alpha value is -1.72. The predicted molar refractivity (Wildman–Crippen MR) is 127 cm³/mol. The summed E-state index contributed by atoms with van der Waals surface area (Å²) in [5.74, 6) is 0.188. The van der Waals surface area contributed by atoms with Crippen molar-refractivity contribution in [3.63, 3.8) is 0 Å². The van der Waals surface area contributed by atoms with Gasteiger partial charge in [0.05, 0.1) is 20.6 Å². The zero-order chi connectivity index (χ0) is 22.2. The lowest BCUT2D eigenvalue weighted by Gasteiger charge is -2.36. The number of anilines is 1. The van der Waals surface area contributed by atoms with Crippen LogP contribution in [0.5, 0.6) is 0 Å². The van der Waals surface area contributed by atoms with Crippen LogP contribution in [-0.2, 0) is 9.59 Å². The molecule has 0 aliphatic heterocycles. The van der Waals surface area contributed by atoms with Gasteiger partial charge in [0.25, 0.3) is 5.91 Å². The van der Waals surface area contributed by atoms with Gasteiger partial charge >= 0.3 is 0 Å². The maximum absolute atomic E-state index is 12.9. The number of hydrogen-bond acceptors (Lipinski definition) is 3. The first kappa shape index (κ1) is 26.3. The number of ketones is 1. The van der Waals surface area contributed by atoms with Crippen molar-refractivity contribution in [1.82, 2.24) is 5.32 Å². The van der Waals surface area contributed by atoms with E-state index in [1.54, 1.807) is 0 Å². The van der Waals surface area contributed by atoms with Crippen molar-refractivity contribution in [2.45, 2.75) is 77.2 Å². The zero-order valence-electron chi connectivity index (χ0n) is 19.7. The molecule has 30 heavy (non-hydrogen) atoms. The summed E-state index contributed by atoms with van der Waals surface area (Å²) in [5.41, 5.74) is 0.786. The van der Waals surface area contributed by atoms with Crippen LogP contribution in [-0.4, -0.2) is 56.4 Å². The summed E-state index contributed by atoms with van der Waals surface area (Å²) in [5, 5.41) is 6.08. The third kappa shape index (κ3) is 10.9. The molecule has 0 saturated heterocycles. The number of amides is 1. The number of Topliss-reactive ketones (excluding diaryl/α,β-unsaturated/α-hetero) is 1. The standard InChI is InChI=1S/C25H43N3O2/c1-5-6-7-8-9-10-11-12-16-19-24(29)23(20-26-2)28(3,4)21-25(30)27-22-17-14-13-15-18-22/h13-15,17-18,23,26H,5-12,16,19-21H2,1-4H3/p+1. The van der Waals surface area contributed by atoms with Gasteiger partial charge in [0, 0.05) is 12.1 Å². The molecule has 1 amide bonds.